The van der Waals surface area contributed by atoms with Crippen LogP contribution < -0.4 is 10.6 Å². The number of benzene rings is 2. The number of hydrogen-bond acceptors (Lipinski definition) is 6. The van der Waals surface area contributed by atoms with Crippen LogP contribution >= 0.6 is 0 Å². The van der Waals surface area contributed by atoms with E-state index in [1.165, 1.54) is 12.1 Å². The zero-order chi connectivity index (χ0) is 24.1. The van der Waals surface area contributed by atoms with E-state index in [2.05, 4.69) is 6.07 Å². The van der Waals surface area contributed by atoms with Crippen LogP contribution in [-0.2, 0) is 4.79 Å². The number of carbonyl (C=O) groups excluding carboxylic acids is 1. The average molecular weight is 443 g/mol. The molecule has 1 aliphatic carbocycles. The van der Waals surface area contributed by atoms with Gasteiger partial charge in [-0.15, -0.1) is 0 Å². The number of rotatable bonds is 3. The maximum atomic E-state index is 13.6. The number of nitriles is 1. The second-order valence-corrected chi connectivity index (χ2v) is 9.62. The summed E-state index contributed by atoms with van der Waals surface area (Å²) in [5, 5.41) is 21.6. The Kier molecular flexibility index (Phi) is 5.33. The van der Waals surface area contributed by atoms with Crippen LogP contribution in [0.25, 0.3) is 0 Å². The molecule has 0 saturated carbocycles. The molecule has 1 atom stereocenters. The first-order valence-electron chi connectivity index (χ1n) is 10.8. The number of ketones is 1. The Bertz CT molecular complexity index is 1300. The predicted molar refractivity (Wildman–Crippen MR) is 126 cm³/mol. The fourth-order valence-electron chi connectivity index (χ4n) is 5.01. The van der Waals surface area contributed by atoms with E-state index in [9.17, 15) is 20.2 Å². The van der Waals surface area contributed by atoms with E-state index in [-0.39, 0.29) is 28.3 Å². The van der Waals surface area contributed by atoms with Gasteiger partial charge in [-0.05, 0) is 42.9 Å². The van der Waals surface area contributed by atoms with Gasteiger partial charge in [0.05, 0.1) is 28.2 Å². The van der Waals surface area contributed by atoms with Gasteiger partial charge < -0.3 is 5.73 Å². The lowest BCUT2D eigenvalue weighted by Crippen LogP contribution is -2.42. The van der Waals surface area contributed by atoms with Gasteiger partial charge in [-0.25, -0.2) is 0 Å². The molecule has 1 aliphatic heterocycles. The highest BCUT2D eigenvalue weighted by Crippen LogP contribution is 2.50. The monoisotopic (exact) mass is 442 g/mol. The minimum Gasteiger partial charge on any atom is -0.384 e. The lowest BCUT2D eigenvalue weighted by molar-refractivity contribution is -0.384. The SMILES string of the molecule is Cc1ccc(C2C(C#N)=C(N)N(c3cccc([N+](=O)[O-])c3)C3=C2C(=O)CC(C)(C)C3)c(C)c1. The molecular formula is C26H26N4O3. The Morgan fingerprint density at radius 1 is 1.18 bits per heavy atom. The summed E-state index contributed by atoms with van der Waals surface area (Å²) in [7, 11) is 0. The molecule has 0 bridgehead atoms. The minimum absolute atomic E-state index is 0.0260. The maximum absolute atomic E-state index is 13.6. The summed E-state index contributed by atoms with van der Waals surface area (Å²) in [5.74, 6) is -0.390. The molecule has 0 saturated heterocycles. The number of Topliss-reactive ketones (excluding diaryl/α,β-unsaturated/α-hetero) is 1. The summed E-state index contributed by atoms with van der Waals surface area (Å²) in [4.78, 5) is 26.2. The Morgan fingerprint density at radius 3 is 2.55 bits per heavy atom. The van der Waals surface area contributed by atoms with Crippen molar-refractivity contribution in [3.05, 3.63) is 91.9 Å². The van der Waals surface area contributed by atoms with E-state index in [1.807, 2.05) is 45.9 Å². The maximum Gasteiger partial charge on any atom is 0.271 e. The lowest BCUT2D eigenvalue weighted by atomic mass is 9.68. The molecule has 0 radical (unpaired) electrons. The van der Waals surface area contributed by atoms with Crippen molar-refractivity contribution in [1.82, 2.24) is 0 Å². The number of anilines is 1. The molecule has 168 valence electrons. The number of nitro groups is 1. The summed E-state index contributed by atoms with van der Waals surface area (Å²) in [6.45, 7) is 8.01. The summed E-state index contributed by atoms with van der Waals surface area (Å²) >= 11 is 0. The number of non-ortho nitro benzene ring substituents is 1. The van der Waals surface area contributed by atoms with E-state index in [1.54, 1.807) is 17.0 Å². The van der Waals surface area contributed by atoms with Crippen LogP contribution in [0.15, 0.2) is 65.1 Å². The molecule has 0 spiro atoms. The molecule has 0 fully saturated rings. The van der Waals surface area contributed by atoms with Crippen LogP contribution in [0.3, 0.4) is 0 Å². The van der Waals surface area contributed by atoms with Gasteiger partial charge in [-0.1, -0.05) is 43.7 Å². The summed E-state index contributed by atoms with van der Waals surface area (Å²) in [6.07, 6.45) is 0.909. The molecule has 1 unspecified atom stereocenters. The number of aryl methyl sites for hydroxylation is 2. The van der Waals surface area contributed by atoms with Crippen molar-refractivity contribution < 1.29 is 9.72 Å². The van der Waals surface area contributed by atoms with Gasteiger partial charge in [0.1, 0.15) is 5.82 Å². The van der Waals surface area contributed by atoms with Gasteiger partial charge in [0.15, 0.2) is 5.78 Å². The number of hydrogen-bond donors (Lipinski definition) is 1. The zero-order valence-electron chi connectivity index (χ0n) is 19.2. The zero-order valence-corrected chi connectivity index (χ0v) is 19.2. The topological polar surface area (TPSA) is 113 Å². The van der Waals surface area contributed by atoms with Crippen LogP contribution in [0.2, 0.25) is 0 Å². The number of nitrogens with zero attached hydrogens (tertiary/aromatic N) is 3. The van der Waals surface area contributed by atoms with E-state index in [0.717, 1.165) is 16.7 Å². The molecule has 4 rings (SSSR count). The Labute approximate surface area is 193 Å². The molecule has 2 aliphatic rings. The van der Waals surface area contributed by atoms with E-state index >= 15 is 0 Å². The van der Waals surface area contributed by atoms with Crippen LogP contribution in [-0.4, -0.2) is 10.7 Å². The fraction of sp³-hybridized carbons (Fsp3) is 0.308. The highest BCUT2D eigenvalue weighted by atomic mass is 16.6. The number of carbonyl (C=O) groups is 1. The summed E-state index contributed by atoms with van der Waals surface area (Å²) in [5.41, 5.74) is 11.2. The number of nitro benzene ring substituents is 1. The first-order valence-corrected chi connectivity index (χ1v) is 10.8. The van der Waals surface area contributed by atoms with Gasteiger partial charge in [0.25, 0.3) is 5.69 Å². The standard InChI is InChI=1S/C26H26N4O3/c1-15-8-9-19(16(2)10-15)23-20(14-27)25(28)29(17-6-5-7-18(11-17)30(32)33)21-12-26(3,4)13-22(31)24(21)23/h5-11,23H,12-13,28H2,1-4H3. The van der Waals surface area contributed by atoms with Crippen molar-refractivity contribution in [2.24, 2.45) is 11.1 Å². The van der Waals surface area contributed by atoms with E-state index in [0.29, 0.717) is 29.8 Å². The third-order valence-electron chi connectivity index (χ3n) is 6.42. The molecule has 0 aromatic heterocycles. The Balaban J connectivity index is 2.02. The second-order valence-electron chi connectivity index (χ2n) is 9.62. The van der Waals surface area contributed by atoms with Crippen LogP contribution in [0.5, 0.6) is 0 Å². The fourth-order valence-corrected chi connectivity index (χ4v) is 5.01. The van der Waals surface area contributed by atoms with Crippen molar-refractivity contribution in [2.45, 2.75) is 46.5 Å². The normalized spacial score (nSPS) is 19.9. The Hall–Kier alpha value is -3.92. The number of nitrogens with two attached hydrogens (primary N) is 1. The van der Waals surface area contributed by atoms with Crippen LogP contribution in [0.1, 0.15) is 49.3 Å². The molecule has 33 heavy (non-hydrogen) atoms. The van der Waals surface area contributed by atoms with Crippen molar-refractivity contribution in [1.29, 1.82) is 5.26 Å². The molecule has 2 aromatic rings. The minimum atomic E-state index is -0.566. The third kappa shape index (κ3) is 3.78. The van der Waals surface area contributed by atoms with Crippen molar-refractivity contribution in [2.75, 3.05) is 4.90 Å². The summed E-state index contributed by atoms with van der Waals surface area (Å²) < 4.78 is 0. The first kappa shape index (κ1) is 22.3. The Morgan fingerprint density at radius 2 is 1.91 bits per heavy atom. The van der Waals surface area contributed by atoms with Gasteiger partial charge in [-0.2, -0.15) is 5.26 Å². The lowest BCUT2D eigenvalue weighted by Gasteiger charge is -2.44. The third-order valence-corrected chi connectivity index (χ3v) is 6.42. The highest BCUT2D eigenvalue weighted by Gasteiger charge is 2.45. The molecule has 2 N–H and O–H groups in total. The number of allylic oxidation sites excluding steroid dienone is 3. The van der Waals surface area contributed by atoms with Gasteiger partial charge in [0, 0.05) is 29.8 Å². The van der Waals surface area contributed by atoms with Crippen molar-refractivity contribution in [3.8, 4) is 6.07 Å². The molecule has 2 aromatic carbocycles. The van der Waals surface area contributed by atoms with Crippen molar-refractivity contribution in [3.63, 3.8) is 0 Å². The first-order chi connectivity index (χ1) is 15.5. The van der Waals surface area contributed by atoms with E-state index in [4.69, 9.17) is 5.73 Å². The second kappa shape index (κ2) is 7.89. The van der Waals surface area contributed by atoms with Crippen molar-refractivity contribution >= 4 is 17.2 Å². The molecule has 7 nitrogen and oxygen atoms in total. The highest BCUT2D eigenvalue weighted by molar-refractivity contribution is 6.01. The van der Waals surface area contributed by atoms with E-state index < -0.39 is 10.8 Å². The van der Waals surface area contributed by atoms with Gasteiger partial charge >= 0.3 is 0 Å². The molecule has 0 amide bonds. The smallest absolute Gasteiger partial charge is 0.271 e. The van der Waals surface area contributed by atoms with Crippen LogP contribution in [0.4, 0.5) is 11.4 Å². The predicted octanol–water partition coefficient (Wildman–Crippen LogP) is 5.15. The van der Waals surface area contributed by atoms with Crippen LogP contribution in [0, 0.1) is 40.7 Å². The van der Waals surface area contributed by atoms with Gasteiger partial charge in [-0.3, -0.25) is 19.8 Å². The molecule has 1 heterocycles. The van der Waals surface area contributed by atoms with Gasteiger partial charge in [0.2, 0.25) is 0 Å². The molecular weight excluding hydrogens is 416 g/mol. The molecule has 7 heteroatoms. The average Bonchev–Trinajstić information content (AvgIpc) is 2.72. The summed E-state index contributed by atoms with van der Waals surface area (Å²) in [6, 6.07) is 14.3. The quantitative estimate of drug-likeness (QED) is 0.519. The largest absolute Gasteiger partial charge is 0.384 e.